The number of carbonyl (C=O) groups excluding carboxylic acids is 1. The van der Waals surface area contributed by atoms with E-state index in [1.807, 2.05) is 0 Å². The average Bonchev–Trinajstić information content (AvgIpc) is 2.34. The molecule has 0 heterocycles. The summed E-state index contributed by atoms with van der Waals surface area (Å²) in [4.78, 5) is 11.9. The van der Waals surface area contributed by atoms with Gasteiger partial charge in [-0.05, 0) is 37.8 Å². The van der Waals surface area contributed by atoms with Crippen LogP contribution in [0.1, 0.15) is 42.5 Å². The van der Waals surface area contributed by atoms with Gasteiger partial charge in [-0.3, -0.25) is 0 Å². The molecule has 4 heteroatoms. The van der Waals surface area contributed by atoms with E-state index in [0.717, 1.165) is 25.7 Å². The third kappa shape index (κ3) is 2.91. The Morgan fingerprint density at radius 2 is 2.00 bits per heavy atom. The molecule has 2 rings (SSSR count). The number of para-hydroxylation sites is 1. The van der Waals surface area contributed by atoms with Crippen LogP contribution in [0, 0.1) is 0 Å². The molecule has 0 unspecified atom stereocenters. The van der Waals surface area contributed by atoms with Crippen molar-refractivity contribution in [1.29, 1.82) is 0 Å². The molecule has 0 bridgehead atoms. The Labute approximate surface area is 106 Å². The Hall–Kier alpha value is -1.22. The number of ether oxygens (including phenoxy) is 1. The average molecular weight is 254 g/mol. The lowest BCUT2D eigenvalue weighted by Gasteiger charge is -2.22. The molecule has 92 valence electrons. The number of benzene rings is 1. The van der Waals surface area contributed by atoms with Crippen LogP contribution < -0.4 is 5.73 Å². The van der Waals surface area contributed by atoms with E-state index in [1.165, 1.54) is 6.42 Å². The van der Waals surface area contributed by atoms with Crippen molar-refractivity contribution in [3.05, 3.63) is 28.8 Å². The van der Waals surface area contributed by atoms with Gasteiger partial charge >= 0.3 is 5.97 Å². The zero-order valence-corrected chi connectivity index (χ0v) is 10.4. The number of hydrogen-bond donors (Lipinski definition) is 1. The molecule has 0 spiro atoms. The second-order valence-electron chi connectivity index (χ2n) is 4.37. The molecule has 1 aromatic rings. The van der Waals surface area contributed by atoms with Gasteiger partial charge in [-0.1, -0.05) is 24.1 Å². The monoisotopic (exact) mass is 253 g/mol. The van der Waals surface area contributed by atoms with E-state index in [0.29, 0.717) is 16.3 Å². The van der Waals surface area contributed by atoms with E-state index >= 15 is 0 Å². The molecule has 0 radical (unpaired) electrons. The van der Waals surface area contributed by atoms with Gasteiger partial charge in [-0.25, -0.2) is 4.79 Å². The summed E-state index contributed by atoms with van der Waals surface area (Å²) in [6.07, 6.45) is 5.42. The van der Waals surface area contributed by atoms with Crippen molar-refractivity contribution in [3.8, 4) is 0 Å². The van der Waals surface area contributed by atoms with Gasteiger partial charge in [0.25, 0.3) is 0 Å². The second-order valence-corrected chi connectivity index (χ2v) is 4.77. The number of hydrogen-bond acceptors (Lipinski definition) is 3. The standard InChI is InChI=1S/C13H16ClNO2/c14-11-8-4-7-10(12(11)15)13(16)17-9-5-2-1-3-6-9/h4,7-9H,1-3,5-6,15H2. The SMILES string of the molecule is Nc1c(Cl)cccc1C(=O)OC1CCCCC1. The molecule has 1 saturated carbocycles. The highest BCUT2D eigenvalue weighted by atomic mass is 35.5. The van der Waals surface area contributed by atoms with Gasteiger partial charge in [0.2, 0.25) is 0 Å². The largest absolute Gasteiger partial charge is 0.459 e. The molecule has 0 amide bonds. The first-order chi connectivity index (χ1) is 8.18. The first kappa shape index (κ1) is 12.2. The maximum atomic E-state index is 11.9. The lowest BCUT2D eigenvalue weighted by molar-refractivity contribution is 0.0212. The quantitative estimate of drug-likeness (QED) is 0.649. The van der Waals surface area contributed by atoms with Crippen LogP contribution >= 0.6 is 11.6 Å². The van der Waals surface area contributed by atoms with Crippen LogP contribution in [0.5, 0.6) is 0 Å². The Morgan fingerprint density at radius 3 is 2.71 bits per heavy atom. The normalized spacial score (nSPS) is 16.8. The van der Waals surface area contributed by atoms with Gasteiger partial charge in [-0.15, -0.1) is 0 Å². The number of nitrogen functional groups attached to an aromatic ring is 1. The minimum atomic E-state index is -0.364. The zero-order valence-electron chi connectivity index (χ0n) is 9.62. The minimum Gasteiger partial charge on any atom is -0.459 e. The maximum absolute atomic E-state index is 11.9. The van der Waals surface area contributed by atoms with E-state index in [1.54, 1.807) is 18.2 Å². The van der Waals surface area contributed by atoms with Crippen LogP contribution in [0.2, 0.25) is 5.02 Å². The fourth-order valence-electron chi connectivity index (χ4n) is 2.11. The van der Waals surface area contributed by atoms with Crippen molar-refractivity contribution < 1.29 is 9.53 Å². The predicted octanol–water partition coefficient (Wildman–Crippen LogP) is 3.41. The van der Waals surface area contributed by atoms with Crippen molar-refractivity contribution in [1.82, 2.24) is 0 Å². The topological polar surface area (TPSA) is 52.3 Å². The van der Waals surface area contributed by atoms with Crippen LogP contribution in [-0.4, -0.2) is 12.1 Å². The molecule has 1 aliphatic carbocycles. The van der Waals surface area contributed by atoms with Gasteiger partial charge in [-0.2, -0.15) is 0 Å². The summed E-state index contributed by atoms with van der Waals surface area (Å²) in [5.41, 5.74) is 6.42. The van der Waals surface area contributed by atoms with E-state index in [2.05, 4.69) is 0 Å². The van der Waals surface area contributed by atoms with Crippen molar-refractivity contribution >= 4 is 23.3 Å². The predicted molar refractivity (Wildman–Crippen MR) is 68.2 cm³/mol. The van der Waals surface area contributed by atoms with Crippen molar-refractivity contribution in [2.24, 2.45) is 0 Å². The molecule has 0 aliphatic heterocycles. The fourth-order valence-corrected chi connectivity index (χ4v) is 2.29. The molecule has 17 heavy (non-hydrogen) atoms. The third-order valence-electron chi connectivity index (χ3n) is 3.10. The van der Waals surface area contributed by atoms with Gasteiger partial charge < -0.3 is 10.5 Å². The van der Waals surface area contributed by atoms with Gasteiger partial charge in [0.1, 0.15) is 6.10 Å². The Morgan fingerprint density at radius 1 is 1.29 bits per heavy atom. The Bertz CT molecular complexity index is 414. The van der Waals surface area contributed by atoms with E-state index < -0.39 is 0 Å². The molecule has 3 nitrogen and oxygen atoms in total. The van der Waals surface area contributed by atoms with Crippen molar-refractivity contribution in [2.75, 3.05) is 5.73 Å². The summed E-state index contributed by atoms with van der Waals surface area (Å²) >= 11 is 5.87. The molecule has 1 aliphatic rings. The highest BCUT2D eigenvalue weighted by Gasteiger charge is 2.20. The minimum absolute atomic E-state index is 0.0367. The van der Waals surface area contributed by atoms with Gasteiger partial charge in [0.15, 0.2) is 0 Å². The lowest BCUT2D eigenvalue weighted by Crippen LogP contribution is -2.21. The first-order valence-corrected chi connectivity index (χ1v) is 6.31. The van der Waals surface area contributed by atoms with Crippen LogP contribution in [0.4, 0.5) is 5.69 Å². The first-order valence-electron chi connectivity index (χ1n) is 5.93. The van der Waals surface area contributed by atoms with Crippen LogP contribution in [-0.2, 0) is 4.74 Å². The van der Waals surface area contributed by atoms with Gasteiger partial charge in [0, 0.05) is 0 Å². The fraction of sp³-hybridized carbons (Fsp3) is 0.462. The maximum Gasteiger partial charge on any atom is 0.340 e. The summed E-state index contributed by atoms with van der Waals surface area (Å²) in [5, 5.41) is 0.392. The van der Waals surface area contributed by atoms with E-state index in [4.69, 9.17) is 22.1 Å². The number of halogens is 1. The number of rotatable bonds is 2. The summed E-state index contributed by atoms with van der Waals surface area (Å²) < 4.78 is 5.44. The summed E-state index contributed by atoms with van der Waals surface area (Å²) in [6.45, 7) is 0. The molecule has 0 aromatic heterocycles. The van der Waals surface area contributed by atoms with Gasteiger partial charge in [0.05, 0.1) is 16.3 Å². The molecular formula is C13H16ClNO2. The smallest absolute Gasteiger partial charge is 0.340 e. The van der Waals surface area contributed by atoms with Crippen molar-refractivity contribution in [3.63, 3.8) is 0 Å². The molecule has 1 fully saturated rings. The molecule has 0 atom stereocenters. The highest BCUT2D eigenvalue weighted by Crippen LogP contribution is 2.26. The molecule has 0 saturated heterocycles. The summed E-state index contributed by atoms with van der Waals surface area (Å²) in [6, 6.07) is 5.01. The lowest BCUT2D eigenvalue weighted by atomic mass is 9.98. The number of anilines is 1. The highest BCUT2D eigenvalue weighted by molar-refractivity contribution is 6.33. The van der Waals surface area contributed by atoms with E-state index in [-0.39, 0.29) is 12.1 Å². The third-order valence-corrected chi connectivity index (χ3v) is 3.43. The summed E-state index contributed by atoms with van der Waals surface area (Å²) in [7, 11) is 0. The second kappa shape index (κ2) is 5.41. The Balaban J connectivity index is 2.06. The van der Waals surface area contributed by atoms with Crippen LogP contribution in [0.15, 0.2) is 18.2 Å². The zero-order chi connectivity index (χ0) is 12.3. The van der Waals surface area contributed by atoms with E-state index in [9.17, 15) is 4.79 Å². The summed E-state index contributed by atoms with van der Waals surface area (Å²) in [5.74, 6) is -0.364. The number of nitrogens with two attached hydrogens (primary N) is 1. The Kier molecular flexibility index (Phi) is 3.89. The molecule has 1 aromatic carbocycles. The number of esters is 1. The molecule has 2 N–H and O–H groups in total. The molecular weight excluding hydrogens is 238 g/mol. The van der Waals surface area contributed by atoms with Crippen LogP contribution in [0.25, 0.3) is 0 Å². The van der Waals surface area contributed by atoms with Crippen LogP contribution in [0.3, 0.4) is 0 Å². The number of carbonyl (C=O) groups is 1. The van der Waals surface area contributed by atoms with Crippen molar-refractivity contribution in [2.45, 2.75) is 38.2 Å².